The first-order valence-electron chi connectivity index (χ1n) is 4.33. The number of benzene rings is 1. The van der Waals surface area contributed by atoms with E-state index in [0.29, 0.717) is 16.1 Å². The molecule has 0 amide bonds. The molecule has 0 bridgehead atoms. The highest BCUT2D eigenvalue weighted by Crippen LogP contribution is 2.29. The molecular formula is C10H6BrCl2NOS. The number of rotatable bonds is 3. The second-order valence-corrected chi connectivity index (χ2v) is 5.93. The molecule has 0 saturated heterocycles. The second-order valence-electron chi connectivity index (χ2n) is 2.94. The average Bonchev–Trinajstić information content (AvgIpc) is 2.63. The van der Waals surface area contributed by atoms with Gasteiger partial charge in [0.05, 0.1) is 9.35 Å². The zero-order valence-electron chi connectivity index (χ0n) is 7.91. The van der Waals surface area contributed by atoms with Crippen LogP contribution in [0.5, 0.6) is 5.75 Å². The van der Waals surface area contributed by atoms with E-state index in [9.17, 15) is 0 Å². The molecular weight excluding hydrogens is 333 g/mol. The van der Waals surface area contributed by atoms with E-state index in [4.69, 9.17) is 27.9 Å². The molecule has 16 heavy (non-hydrogen) atoms. The Balaban J connectivity index is 2.04. The van der Waals surface area contributed by atoms with Gasteiger partial charge in [0, 0.05) is 11.2 Å². The molecule has 0 N–H and O–H groups in total. The van der Waals surface area contributed by atoms with Gasteiger partial charge in [-0.3, -0.25) is 0 Å². The number of halogens is 3. The third-order valence-electron chi connectivity index (χ3n) is 1.79. The Bertz CT molecular complexity index is 503. The van der Waals surface area contributed by atoms with E-state index >= 15 is 0 Å². The molecule has 0 aliphatic rings. The quantitative estimate of drug-likeness (QED) is 0.802. The van der Waals surface area contributed by atoms with Gasteiger partial charge < -0.3 is 4.74 Å². The van der Waals surface area contributed by atoms with Crippen molar-refractivity contribution in [3.8, 4) is 5.75 Å². The fourth-order valence-corrected chi connectivity index (χ4v) is 2.78. The smallest absolute Gasteiger partial charge is 0.183 e. The lowest BCUT2D eigenvalue weighted by Gasteiger charge is -2.06. The van der Waals surface area contributed by atoms with Crippen molar-refractivity contribution < 1.29 is 4.74 Å². The largest absolute Gasteiger partial charge is 0.487 e. The minimum atomic E-state index is 0.449. The zero-order chi connectivity index (χ0) is 11.5. The van der Waals surface area contributed by atoms with Gasteiger partial charge in [-0.05, 0) is 34.1 Å². The van der Waals surface area contributed by atoms with E-state index in [-0.39, 0.29) is 0 Å². The highest BCUT2D eigenvalue weighted by atomic mass is 79.9. The molecule has 0 fully saturated rings. The van der Waals surface area contributed by atoms with Gasteiger partial charge in [-0.25, -0.2) is 4.98 Å². The minimum absolute atomic E-state index is 0.449. The average molecular weight is 339 g/mol. The van der Waals surface area contributed by atoms with Gasteiger partial charge in [0.1, 0.15) is 12.4 Å². The Kier molecular flexibility index (Phi) is 4.08. The van der Waals surface area contributed by atoms with Crippen LogP contribution in [0, 0.1) is 0 Å². The highest BCUT2D eigenvalue weighted by molar-refractivity contribution is 9.10. The monoisotopic (exact) mass is 337 g/mol. The Morgan fingerprint density at radius 2 is 2.19 bits per heavy atom. The van der Waals surface area contributed by atoms with Crippen LogP contribution in [-0.2, 0) is 6.61 Å². The summed E-state index contributed by atoms with van der Waals surface area (Å²) in [6.45, 7) is 0.449. The summed E-state index contributed by atoms with van der Waals surface area (Å²) in [5.41, 5.74) is 0. The maximum absolute atomic E-state index is 5.83. The van der Waals surface area contributed by atoms with Crippen LogP contribution in [0.15, 0.2) is 28.9 Å². The molecule has 0 atom stereocenters. The van der Waals surface area contributed by atoms with Crippen molar-refractivity contribution in [1.29, 1.82) is 0 Å². The maximum Gasteiger partial charge on any atom is 0.183 e. The fourth-order valence-electron chi connectivity index (χ4n) is 1.09. The molecule has 0 saturated carbocycles. The van der Waals surface area contributed by atoms with Crippen LogP contribution in [0.25, 0.3) is 0 Å². The molecule has 0 spiro atoms. The van der Waals surface area contributed by atoms with Gasteiger partial charge in [0.15, 0.2) is 4.47 Å². The lowest BCUT2D eigenvalue weighted by molar-refractivity contribution is 0.307. The zero-order valence-corrected chi connectivity index (χ0v) is 11.8. The number of hydrogen-bond acceptors (Lipinski definition) is 3. The molecule has 0 aliphatic carbocycles. The third-order valence-corrected chi connectivity index (χ3v) is 3.73. The van der Waals surface area contributed by atoms with Gasteiger partial charge in [-0.15, -0.1) is 11.3 Å². The van der Waals surface area contributed by atoms with E-state index < -0.39 is 0 Å². The van der Waals surface area contributed by atoms with Crippen LogP contribution < -0.4 is 4.74 Å². The SMILES string of the molecule is Clc1ccc(OCc2cnc(Cl)s2)c(Br)c1. The van der Waals surface area contributed by atoms with Gasteiger partial charge in [-0.1, -0.05) is 23.2 Å². The van der Waals surface area contributed by atoms with Crippen molar-refractivity contribution >= 4 is 50.5 Å². The molecule has 2 rings (SSSR count). The summed E-state index contributed by atoms with van der Waals surface area (Å²) in [6, 6.07) is 5.38. The number of nitrogens with zero attached hydrogens (tertiary/aromatic N) is 1. The molecule has 0 aliphatic heterocycles. The minimum Gasteiger partial charge on any atom is -0.487 e. The normalized spacial score (nSPS) is 10.4. The van der Waals surface area contributed by atoms with E-state index in [1.807, 2.05) is 6.07 Å². The van der Waals surface area contributed by atoms with E-state index in [2.05, 4.69) is 20.9 Å². The summed E-state index contributed by atoms with van der Waals surface area (Å²) in [5.74, 6) is 0.744. The van der Waals surface area contributed by atoms with Gasteiger partial charge >= 0.3 is 0 Å². The number of thiazole rings is 1. The molecule has 0 unspecified atom stereocenters. The lowest BCUT2D eigenvalue weighted by Crippen LogP contribution is -1.93. The number of ether oxygens (including phenoxy) is 1. The summed E-state index contributed by atoms with van der Waals surface area (Å²) in [7, 11) is 0. The predicted octanol–water partition coefficient (Wildman–Crippen LogP) is 4.79. The molecule has 84 valence electrons. The Hall–Kier alpha value is -0.290. The second kappa shape index (κ2) is 5.36. The Labute approximate surface area is 115 Å². The van der Waals surface area contributed by atoms with Crippen LogP contribution in [-0.4, -0.2) is 4.98 Å². The summed E-state index contributed by atoms with van der Waals surface area (Å²) in [6.07, 6.45) is 1.71. The first kappa shape index (κ1) is 12.2. The Morgan fingerprint density at radius 3 is 2.81 bits per heavy atom. The predicted molar refractivity (Wildman–Crippen MR) is 70.6 cm³/mol. The van der Waals surface area contributed by atoms with E-state index in [1.54, 1.807) is 18.3 Å². The molecule has 1 aromatic heterocycles. The van der Waals surface area contributed by atoms with Crippen LogP contribution in [0.3, 0.4) is 0 Å². The first-order valence-corrected chi connectivity index (χ1v) is 6.70. The van der Waals surface area contributed by atoms with Gasteiger partial charge in [0.2, 0.25) is 0 Å². The number of aromatic nitrogens is 1. The van der Waals surface area contributed by atoms with Crippen LogP contribution >= 0.6 is 50.5 Å². The van der Waals surface area contributed by atoms with Crippen LogP contribution in [0.4, 0.5) is 0 Å². The van der Waals surface area contributed by atoms with Crippen molar-refractivity contribution in [2.45, 2.75) is 6.61 Å². The van der Waals surface area contributed by atoms with Crippen LogP contribution in [0.1, 0.15) is 4.88 Å². The molecule has 2 aromatic rings. The molecule has 6 heteroatoms. The molecule has 1 heterocycles. The molecule has 1 aromatic carbocycles. The van der Waals surface area contributed by atoms with Crippen LogP contribution in [0.2, 0.25) is 9.49 Å². The summed E-state index contributed by atoms with van der Waals surface area (Å²) in [4.78, 5) is 4.92. The van der Waals surface area contributed by atoms with Crippen molar-refractivity contribution in [3.05, 3.63) is 43.2 Å². The third kappa shape index (κ3) is 3.10. The summed E-state index contributed by atoms with van der Waals surface area (Å²) in [5, 5.41) is 0.667. The van der Waals surface area contributed by atoms with Gasteiger partial charge in [-0.2, -0.15) is 0 Å². The lowest BCUT2D eigenvalue weighted by atomic mass is 10.3. The fraction of sp³-hybridized carbons (Fsp3) is 0.100. The van der Waals surface area contributed by atoms with E-state index in [1.165, 1.54) is 11.3 Å². The van der Waals surface area contributed by atoms with E-state index in [0.717, 1.165) is 15.1 Å². The van der Waals surface area contributed by atoms with Gasteiger partial charge in [0.25, 0.3) is 0 Å². The molecule has 0 radical (unpaired) electrons. The highest BCUT2D eigenvalue weighted by Gasteiger charge is 2.04. The molecule has 2 nitrogen and oxygen atoms in total. The first-order chi connectivity index (χ1) is 7.65. The topological polar surface area (TPSA) is 22.1 Å². The van der Waals surface area contributed by atoms with Crippen molar-refractivity contribution in [1.82, 2.24) is 4.98 Å². The maximum atomic E-state index is 5.83. The standard InChI is InChI=1S/C10H6BrCl2NOS/c11-8-3-6(12)1-2-9(8)15-5-7-4-14-10(13)16-7/h1-4H,5H2. The Morgan fingerprint density at radius 1 is 1.38 bits per heavy atom. The summed E-state index contributed by atoms with van der Waals surface area (Å²) >= 11 is 16.3. The number of hydrogen-bond donors (Lipinski definition) is 0. The van der Waals surface area contributed by atoms with Crippen molar-refractivity contribution in [2.75, 3.05) is 0 Å². The van der Waals surface area contributed by atoms with Crippen molar-refractivity contribution in [3.63, 3.8) is 0 Å². The van der Waals surface area contributed by atoms with Crippen molar-refractivity contribution in [2.24, 2.45) is 0 Å². The summed E-state index contributed by atoms with van der Waals surface area (Å²) < 4.78 is 6.95.